The van der Waals surface area contributed by atoms with Crippen molar-refractivity contribution in [1.29, 1.82) is 0 Å². The third kappa shape index (κ3) is 3.46. The van der Waals surface area contributed by atoms with Crippen LogP contribution in [0.4, 0.5) is 0 Å². The molecule has 2 saturated heterocycles. The SMILES string of the molecule is COC(=O)CCC(C)C1CCC2C3CCC(C)CC4CCCC3(C=CC12C)O4. The molecule has 28 heavy (non-hydrogen) atoms. The first-order valence-electron chi connectivity index (χ1n) is 11.8. The summed E-state index contributed by atoms with van der Waals surface area (Å²) in [6.07, 6.45) is 17.4. The van der Waals surface area contributed by atoms with Crippen LogP contribution in [0.5, 0.6) is 0 Å². The number of carbonyl (C=O) groups is 1. The minimum absolute atomic E-state index is 0.0113. The summed E-state index contributed by atoms with van der Waals surface area (Å²) in [5, 5.41) is 0. The van der Waals surface area contributed by atoms with Gasteiger partial charge in [-0.15, -0.1) is 0 Å². The molecule has 8 unspecified atom stereocenters. The highest BCUT2D eigenvalue weighted by atomic mass is 16.5. The topological polar surface area (TPSA) is 35.5 Å². The predicted octanol–water partition coefficient (Wildman–Crippen LogP) is 5.92. The van der Waals surface area contributed by atoms with Crippen molar-refractivity contribution in [2.24, 2.45) is 35.0 Å². The Morgan fingerprint density at radius 2 is 1.96 bits per heavy atom. The Kier molecular flexibility index (Phi) is 5.68. The van der Waals surface area contributed by atoms with Crippen LogP contribution in [0.25, 0.3) is 0 Å². The zero-order valence-electron chi connectivity index (χ0n) is 18.4. The molecule has 4 rings (SSSR count). The van der Waals surface area contributed by atoms with E-state index in [1.165, 1.54) is 58.5 Å². The van der Waals surface area contributed by atoms with E-state index < -0.39 is 0 Å². The van der Waals surface area contributed by atoms with E-state index in [4.69, 9.17) is 9.47 Å². The lowest BCUT2D eigenvalue weighted by atomic mass is 9.56. The second-order valence-electron chi connectivity index (χ2n) is 10.7. The first kappa shape index (κ1) is 20.4. The molecule has 0 aromatic rings. The van der Waals surface area contributed by atoms with Gasteiger partial charge in [0.05, 0.1) is 18.8 Å². The van der Waals surface area contributed by atoms with Gasteiger partial charge >= 0.3 is 5.97 Å². The fourth-order valence-corrected chi connectivity index (χ4v) is 7.54. The van der Waals surface area contributed by atoms with Crippen molar-refractivity contribution < 1.29 is 14.3 Å². The maximum absolute atomic E-state index is 11.6. The normalized spacial score (nSPS) is 46.1. The summed E-state index contributed by atoms with van der Waals surface area (Å²) >= 11 is 0. The fraction of sp³-hybridized carbons (Fsp3) is 0.880. The number of carbonyl (C=O) groups excluding carboxylic acids is 1. The van der Waals surface area contributed by atoms with Crippen molar-refractivity contribution in [1.82, 2.24) is 0 Å². The van der Waals surface area contributed by atoms with Crippen LogP contribution in [0.3, 0.4) is 0 Å². The van der Waals surface area contributed by atoms with Crippen LogP contribution in [0.15, 0.2) is 12.2 Å². The van der Waals surface area contributed by atoms with E-state index in [0.717, 1.165) is 18.3 Å². The first-order chi connectivity index (χ1) is 13.4. The van der Waals surface area contributed by atoms with Crippen LogP contribution in [-0.2, 0) is 14.3 Å². The van der Waals surface area contributed by atoms with E-state index >= 15 is 0 Å². The molecule has 3 heteroatoms. The molecule has 1 spiro atoms. The van der Waals surface area contributed by atoms with E-state index in [1.807, 2.05) is 0 Å². The number of methoxy groups -OCH3 is 1. The van der Waals surface area contributed by atoms with Crippen molar-refractivity contribution >= 4 is 5.97 Å². The summed E-state index contributed by atoms with van der Waals surface area (Å²) < 4.78 is 11.8. The van der Waals surface area contributed by atoms with Gasteiger partial charge in [-0.05, 0) is 86.4 Å². The van der Waals surface area contributed by atoms with Gasteiger partial charge in [-0.25, -0.2) is 0 Å². The molecule has 4 aliphatic rings. The minimum Gasteiger partial charge on any atom is -0.469 e. The number of hydrogen-bond acceptors (Lipinski definition) is 3. The molecule has 0 aromatic heterocycles. The highest BCUT2D eigenvalue weighted by molar-refractivity contribution is 5.69. The molecule has 8 atom stereocenters. The predicted molar refractivity (Wildman–Crippen MR) is 112 cm³/mol. The zero-order chi connectivity index (χ0) is 19.9. The maximum atomic E-state index is 11.6. The van der Waals surface area contributed by atoms with E-state index in [1.54, 1.807) is 0 Å². The summed E-state index contributed by atoms with van der Waals surface area (Å²) in [4.78, 5) is 11.6. The van der Waals surface area contributed by atoms with Crippen molar-refractivity contribution in [3.63, 3.8) is 0 Å². The van der Waals surface area contributed by atoms with Crippen molar-refractivity contribution in [3.8, 4) is 0 Å². The van der Waals surface area contributed by atoms with Crippen LogP contribution in [-0.4, -0.2) is 24.8 Å². The highest BCUT2D eigenvalue weighted by Crippen LogP contribution is 2.62. The summed E-state index contributed by atoms with van der Waals surface area (Å²) in [6, 6.07) is 0. The number of fused-ring (bicyclic) bond motifs is 3. The number of esters is 1. The number of ether oxygens (including phenoxy) is 2. The molecule has 2 heterocycles. The molecule has 2 aliphatic heterocycles. The van der Waals surface area contributed by atoms with Crippen LogP contribution in [0, 0.1) is 35.0 Å². The lowest BCUT2D eigenvalue weighted by Gasteiger charge is -2.55. The second-order valence-corrected chi connectivity index (χ2v) is 10.7. The smallest absolute Gasteiger partial charge is 0.305 e. The van der Waals surface area contributed by atoms with E-state index in [2.05, 4.69) is 32.9 Å². The fourth-order valence-electron chi connectivity index (χ4n) is 7.54. The number of hydrogen-bond donors (Lipinski definition) is 0. The summed E-state index contributed by atoms with van der Waals surface area (Å²) in [5.41, 5.74) is 0.265. The molecule has 2 bridgehead atoms. The Labute approximate surface area is 171 Å². The average Bonchev–Trinajstić information content (AvgIpc) is 3.02. The van der Waals surface area contributed by atoms with Gasteiger partial charge in [0, 0.05) is 6.42 Å². The Morgan fingerprint density at radius 1 is 1.18 bits per heavy atom. The van der Waals surface area contributed by atoms with Gasteiger partial charge < -0.3 is 9.47 Å². The molecule has 0 N–H and O–H groups in total. The summed E-state index contributed by atoms with van der Waals surface area (Å²) in [5.74, 6) is 3.34. The van der Waals surface area contributed by atoms with E-state index in [9.17, 15) is 4.79 Å². The maximum Gasteiger partial charge on any atom is 0.305 e. The van der Waals surface area contributed by atoms with E-state index in [-0.39, 0.29) is 17.0 Å². The lowest BCUT2D eigenvalue weighted by Crippen LogP contribution is -2.54. The largest absolute Gasteiger partial charge is 0.469 e. The molecular weight excluding hydrogens is 348 g/mol. The zero-order valence-corrected chi connectivity index (χ0v) is 18.4. The molecule has 0 radical (unpaired) electrons. The molecule has 2 aliphatic carbocycles. The summed E-state index contributed by atoms with van der Waals surface area (Å²) in [6.45, 7) is 7.29. The quantitative estimate of drug-likeness (QED) is 0.443. The van der Waals surface area contributed by atoms with E-state index in [0.29, 0.717) is 30.3 Å². The van der Waals surface area contributed by atoms with Gasteiger partial charge in [0.15, 0.2) is 0 Å². The van der Waals surface area contributed by atoms with Gasteiger partial charge in [-0.1, -0.05) is 39.3 Å². The Hall–Kier alpha value is -0.830. The molecule has 0 amide bonds. The van der Waals surface area contributed by atoms with Crippen LogP contribution >= 0.6 is 0 Å². The standard InChI is InChI=1S/C25H40O3/c1-17-7-9-22-21-11-10-20(18(2)8-12-23(26)27-4)24(21,3)14-15-25(22)13-5-6-19(16-17)28-25/h14-15,17-22H,5-13,16H2,1-4H3. The first-order valence-corrected chi connectivity index (χ1v) is 11.8. The van der Waals surface area contributed by atoms with Crippen molar-refractivity contribution in [2.75, 3.05) is 7.11 Å². The molecule has 0 aromatic carbocycles. The molecule has 1 saturated carbocycles. The third-order valence-corrected chi connectivity index (χ3v) is 9.06. The van der Waals surface area contributed by atoms with Gasteiger partial charge in [-0.3, -0.25) is 4.79 Å². The van der Waals surface area contributed by atoms with Gasteiger partial charge in [0.2, 0.25) is 0 Å². The Bertz CT molecular complexity index is 613. The Balaban J connectivity index is 1.57. The molecule has 158 valence electrons. The van der Waals surface area contributed by atoms with Gasteiger partial charge in [0.1, 0.15) is 0 Å². The molecular formula is C25H40O3. The van der Waals surface area contributed by atoms with Crippen LogP contribution in [0.1, 0.15) is 85.0 Å². The lowest BCUT2D eigenvalue weighted by molar-refractivity contribution is -0.170. The Morgan fingerprint density at radius 3 is 2.75 bits per heavy atom. The van der Waals surface area contributed by atoms with Crippen molar-refractivity contribution in [2.45, 2.75) is 96.7 Å². The molecule has 3 nitrogen and oxygen atoms in total. The minimum atomic E-state index is -0.0691. The van der Waals surface area contributed by atoms with Crippen molar-refractivity contribution in [3.05, 3.63) is 12.2 Å². The monoisotopic (exact) mass is 388 g/mol. The van der Waals surface area contributed by atoms with Crippen LogP contribution < -0.4 is 0 Å². The summed E-state index contributed by atoms with van der Waals surface area (Å²) in [7, 11) is 1.50. The molecule has 3 fully saturated rings. The number of allylic oxidation sites excluding steroid dienone is 1. The highest BCUT2D eigenvalue weighted by Gasteiger charge is 2.58. The second kappa shape index (κ2) is 7.78. The van der Waals surface area contributed by atoms with Gasteiger partial charge in [-0.2, -0.15) is 0 Å². The third-order valence-electron chi connectivity index (χ3n) is 9.06. The average molecular weight is 389 g/mol. The van der Waals surface area contributed by atoms with Crippen LogP contribution in [0.2, 0.25) is 0 Å². The van der Waals surface area contributed by atoms with Gasteiger partial charge in [0.25, 0.3) is 0 Å². The number of rotatable bonds is 4.